The summed E-state index contributed by atoms with van der Waals surface area (Å²) in [4.78, 5) is 25.0. The summed E-state index contributed by atoms with van der Waals surface area (Å²) in [7, 11) is 0. The van der Waals surface area contributed by atoms with Crippen LogP contribution in [-0.4, -0.2) is 57.3 Å². The third-order valence-corrected chi connectivity index (χ3v) is 5.02. The van der Waals surface area contributed by atoms with Crippen LogP contribution < -0.4 is 5.43 Å². The summed E-state index contributed by atoms with van der Waals surface area (Å²) in [6.07, 6.45) is 4.12. The molecule has 2 fully saturated rings. The Hall–Kier alpha value is -0.950. The molecule has 2 aliphatic rings. The van der Waals surface area contributed by atoms with Crippen LogP contribution >= 0.6 is 11.8 Å². The first kappa shape index (κ1) is 14.5. The zero-order valence-electron chi connectivity index (χ0n) is 11.2. The molecule has 0 radical (unpaired) electrons. The minimum Gasteiger partial charge on any atom is -0.480 e. The maximum atomic E-state index is 12.3. The van der Waals surface area contributed by atoms with Crippen LogP contribution in [-0.2, 0) is 4.79 Å². The van der Waals surface area contributed by atoms with E-state index in [4.69, 9.17) is 0 Å². The number of amides is 2. The number of carbonyl (C=O) groups excluding carboxylic acids is 1. The maximum absolute atomic E-state index is 12.3. The molecule has 2 amide bonds. The van der Waals surface area contributed by atoms with Crippen molar-refractivity contribution in [3.8, 4) is 0 Å². The van der Waals surface area contributed by atoms with Gasteiger partial charge in [-0.2, -0.15) is 0 Å². The third kappa shape index (κ3) is 3.33. The van der Waals surface area contributed by atoms with Gasteiger partial charge in [-0.15, -0.1) is 11.8 Å². The van der Waals surface area contributed by atoms with Crippen LogP contribution in [0.25, 0.3) is 0 Å². The average molecular weight is 287 g/mol. The van der Waals surface area contributed by atoms with E-state index in [1.807, 2.05) is 11.9 Å². The van der Waals surface area contributed by atoms with Crippen molar-refractivity contribution in [2.24, 2.45) is 0 Å². The molecule has 0 spiro atoms. The first-order valence-corrected chi connectivity index (χ1v) is 7.86. The summed E-state index contributed by atoms with van der Waals surface area (Å²) < 4.78 is 0. The fourth-order valence-corrected chi connectivity index (χ4v) is 3.89. The lowest BCUT2D eigenvalue weighted by molar-refractivity contribution is -0.141. The van der Waals surface area contributed by atoms with E-state index in [0.717, 1.165) is 32.4 Å². The number of nitrogens with zero attached hydrogens (tertiary/aromatic N) is 2. The van der Waals surface area contributed by atoms with Crippen molar-refractivity contribution >= 4 is 23.8 Å². The van der Waals surface area contributed by atoms with E-state index in [2.05, 4.69) is 5.43 Å². The number of nitrogens with one attached hydrogen (secondary N) is 1. The van der Waals surface area contributed by atoms with Crippen LogP contribution in [0, 0.1) is 0 Å². The van der Waals surface area contributed by atoms with Gasteiger partial charge in [-0.3, -0.25) is 10.3 Å². The molecule has 2 unspecified atom stereocenters. The highest BCUT2D eigenvalue weighted by molar-refractivity contribution is 8.00. The zero-order chi connectivity index (χ0) is 13.8. The summed E-state index contributed by atoms with van der Waals surface area (Å²) >= 11 is 1.54. The number of aliphatic carboxylic acids is 1. The van der Waals surface area contributed by atoms with Crippen LogP contribution in [0.3, 0.4) is 0 Å². The van der Waals surface area contributed by atoms with E-state index in [9.17, 15) is 14.7 Å². The molecular weight excluding hydrogens is 266 g/mol. The number of carboxylic acids is 1. The lowest BCUT2D eigenvalue weighted by Crippen LogP contribution is -2.55. The predicted molar refractivity (Wildman–Crippen MR) is 73.8 cm³/mol. The normalized spacial score (nSPS) is 28.4. The number of thioether (sulfide) groups is 1. The van der Waals surface area contributed by atoms with E-state index < -0.39 is 12.0 Å². The van der Waals surface area contributed by atoms with Crippen LogP contribution in [0.4, 0.5) is 4.79 Å². The van der Waals surface area contributed by atoms with Gasteiger partial charge in [0.1, 0.15) is 6.04 Å². The Morgan fingerprint density at radius 3 is 2.58 bits per heavy atom. The SMILES string of the molecule is CCC1SCC(C(=O)O)N1C(=O)NN1CCCCC1. The summed E-state index contributed by atoms with van der Waals surface area (Å²) in [5, 5.41) is 11.1. The number of carbonyl (C=O) groups is 2. The summed E-state index contributed by atoms with van der Waals surface area (Å²) in [5.41, 5.74) is 2.85. The van der Waals surface area contributed by atoms with Gasteiger partial charge in [0.2, 0.25) is 0 Å². The summed E-state index contributed by atoms with van der Waals surface area (Å²) in [6.45, 7) is 3.67. The highest BCUT2D eigenvalue weighted by Crippen LogP contribution is 2.31. The second-order valence-corrected chi connectivity index (χ2v) is 6.13. The number of piperidine rings is 1. The standard InChI is InChI=1S/C12H21N3O3S/c1-2-10-15(9(8-19-10)11(16)17)12(18)13-14-6-4-3-5-7-14/h9-10H,2-8H2,1H3,(H,13,18)(H,16,17). The van der Waals surface area contributed by atoms with Gasteiger partial charge in [-0.1, -0.05) is 13.3 Å². The monoisotopic (exact) mass is 287 g/mol. The second kappa shape index (κ2) is 6.47. The smallest absolute Gasteiger partial charge is 0.333 e. The molecule has 0 aromatic rings. The van der Waals surface area contributed by atoms with Crippen molar-refractivity contribution in [1.29, 1.82) is 0 Å². The Labute approximate surface area is 117 Å². The van der Waals surface area contributed by atoms with Gasteiger partial charge in [-0.25, -0.2) is 14.6 Å². The van der Waals surface area contributed by atoms with Gasteiger partial charge in [-0.05, 0) is 19.3 Å². The van der Waals surface area contributed by atoms with Crippen molar-refractivity contribution in [1.82, 2.24) is 15.3 Å². The highest BCUT2D eigenvalue weighted by Gasteiger charge is 2.41. The number of hydrazine groups is 1. The van der Waals surface area contributed by atoms with Crippen molar-refractivity contribution < 1.29 is 14.7 Å². The maximum Gasteiger partial charge on any atom is 0.333 e. The lowest BCUT2D eigenvalue weighted by Gasteiger charge is -2.32. The van der Waals surface area contributed by atoms with Crippen molar-refractivity contribution in [2.45, 2.75) is 44.0 Å². The molecule has 2 heterocycles. The molecule has 0 aliphatic carbocycles. The Morgan fingerprint density at radius 2 is 2.00 bits per heavy atom. The van der Waals surface area contributed by atoms with Gasteiger partial charge >= 0.3 is 12.0 Å². The van der Waals surface area contributed by atoms with E-state index in [-0.39, 0.29) is 11.4 Å². The summed E-state index contributed by atoms with van der Waals surface area (Å²) in [6, 6.07) is -0.981. The van der Waals surface area contributed by atoms with Crippen molar-refractivity contribution in [3.63, 3.8) is 0 Å². The fourth-order valence-electron chi connectivity index (χ4n) is 2.54. The first-order chi connectivity index (χ1) is 9.13. The van der Waals surface area contributed by atoms with E-state index in [0.29, 0.717) is 5.75 Å². The molecule has 0 saturated carbocycles. The number of hydrogen-bond donors (Lipinski definition) is 2. The topological polar surface area (TPSA) is 72.9 Å². The number of hydrogen-bond acceptors (Lipinski definition) is 4. The van der Waals surface area contributed by atoms with Crippen LogP contribution in [0.5, 0.6) is 0 Å². The molecular formula is C12H21N3O3S. The second-order valence-electron chi connectivity index (χ2n) is 4.92. The molecule has 2 N–H and O–H groups in total. The number of carboxylic acid groups (broad SMARTS) is 1. The minimum absolute atomic E-state index is 0.0362. The van der Waals surface area contributed by atoms with E-state index in [1.54, 1.807) is 11.8 Å². The molecule has 6 nitrogen and oxygen atoms in total. The Morgan fingerprint density at radius 1 is 1.32 bits per heavy atom. The molecule has 19 heavy (non-hydrogen) atoms. The minimum atomic E-state index is -0.919. The molecule has 2 atom stereocenters. The highest BCUT2D eigenvalue weighted by atomic mass is 32.2. The predicted octanol–water partition coefficient (Wildman–Crippen LogP) is 1.33. The van der Waals surface area contributed by atoms with Crippen molar-refractivity contribution in [3.05, 3.63) is 0 Å². The Balaban J connectivity index is 1.99. The quantitative estimate of drug-likeness (QED) is 0.819. The van der Waals surface area contributed by atoms with Gasteiger partial charge in [0.05, 0.1) is 5.37 Å². The van der Waals surface area contributed by atoms with Crippen LogP contribution in [0.1, 0.15) is 32.6 Å². The van der Waals surface area contributed by atoms with Crippen LogP contribution in [0.15, 0.2) is 0 Å². The summed E-state index contributed by atoms with van der Waals surface area (Å²) in [5.74, 6) is -0.446. The van der Waals surface area contributed by atoms with Gasteiger partial charge in [0, 0.05) is 18.8 Å². The molecule has 108 valence electrons. The Kier molecular flexibility index (Phi) is 4.93. The molecule has 2 saturated heterocycles. The number of rotatable bonds is 3. The third-order valence-electron chi connectivity index (χ3n) is 3.57. The van der Waals surface area contributed by atoms with Gasteiger partial charge in [0.25, 0.3) is 0 Å². The van der Waals surface area contributed by atoms with E-state index in [1.165, 1.54) is 11.3 Å². The first-order valence-electron chi connectivity index (χ1n) is 6.81. The number of urea groups is 1. The fraction of sp³-hybridized carbons (Fsp3) is 0.833. The largest absolute Gasteiger partial charge is 0.480 e. The van der Waals surface area contributed by atoms with Crippen molar-refractivity contribution in [2.75, 3.05) is 18.8 Å². The zero-order valence-corrected chi connectivity index (χ0v) is 12.0. The average Bonchev–Trinajstić information content (AvgIpc) is 2.83. The molecule has 7 heteroatoms. The van der Waals surface area contributed by atoms with E-state index >= 15 is 0 Å². The van der Waals surface area contributed by atoms with Gasteiger partial charge in [0.15, 0.2) is 0 Å². The lowest BCUT2D eigenvalue weighted by atomic mass is 10.2. The molecule has 0 aromatic heterocycles. The Bertz CT molecular complexity index is 347. The van der Waals surface area contributed by atoms with Gasteiger partial charge < -0.3 is 5.11 Å². The van der Waals surface area contributed by atoms with Crippen LogP contribution in [0.2, 0.25) is 0 Å². The molecule has 2 aliphatic heterocycles. The molecule has 0 aromatic carbocycles. The molecule has 2 rings (SSSR count). The molecule has 0 bridgehead atoms.